The highest BCUT2D eigenvalue weighted by Crippen LogP contribution is 2.33. The fourth-order valence-corrected chi connectivity index (χ4v) is 3.31. The number of hydrogen-bond acceptors (Lipinski definition) is 6. The highest BCUT2D eigenvalue weighted by atomic mass is 32.1. The van der Waals surface area contributed by atoms with Crippen molar-refractivity contribution in [2.24, 2.45) is 0 Å². The third kappa shape index (κ3) is 2.99. The Labute approximate surface area is 147 Å². The monoisotopic (exact) mass is 349 g/mol. The van der Waals surface area contributed by atoms with Crippen molar-refractivity contribution in [3.8, 4) is 11.3 Å². The molecular formula is C19H15N3O2S. The molecule has 0 saturated carbocycles. The van der Waals surface area contributed by atoms with Gasteiger partial charge in [0.1, 0.15) is 11.1 Å². The minimum Gasteiger partial charge on any atom is -0.422 e. The lowest BCUT2D eigenvalue weighted by atomic mass is 10.1. The number of rotatable bonds is 4. The number of hydrogen-bond donors (Lipinski definition) is 2. The second kappa shape index (κ2) is 6.41. The van der Waals surface area contributed by atoms with Crippen LogP contribution in [0.4, 0.5) is 10.8 Å². The van der Waals surface area contributed by atoms with Crippen molar-refractivity contribution in [1.29, 1.82) is 0 Å². The van der Waals surface area contributed by atoms with Crippen molar-refractivity contribution in [2.75, 3.05) is 11.1 Å². The maximum atomic E-state index is 12.6. The Balaban J connectivity index is 1.88. The van der Waals surface area contributed by atoms with E-state index in [0.717, 1.165) is 10.9 Å². The molecule has 5 nitrogen and oxygen atoms in total. The Morgan fingerprint density at radius 3 is 2.60 bits per heavy atom. The van der Waals surface area contributed by atoms with E-state index in [1.54, 1.807) is 11.4 Å². The molecule has 2 aromatic heterocycles. The first-order chi connectivity index (χ1) is 12.2. The summed E-state index contributed by atoms with van der Waals surface area (Å²) < 4.78 is 5.48. The van der Waals surface area contributed by atoms with Crippen molar-refractivity contribution in [2.45, 2.75) is 6.54 Å². The van der Waals surface area contributed by atoms with Crippen LogP contribution in [0.3, 0.4) is 0 Å². The molecule has 3 N–H and O–H groups in total. The summed E-state index contributed by atoms with van der Waals surface area (Å²) in [6, 6.07) is 17.4. The first-order valence-electron chi connectivity index (χ1n) is 7.77. The van der Waals surface area contributed by atoms with E-state index in [1.165, 1.54) is 11.3 Å². The molecule has 0 saturated heterocycles. The predicted molar refractivity (Wildman–Crippen MR) is 102 cm³/mol. The van der Waals surface area contributed by atoms with Gasteiger partial charge in [0.15, 0.2) is 5.13 Å². The molecule has 4 aromatic rings. The van der Waals surface area contributed by atoms with Crippen LogP contribution in [0, 0.1) is 0 Å². The number of nitrogens with two attached hydrogens (primary N) is 1. The average Bonchev–Trinajstić information content (AvgIpc) is 3.06. The molecule has 6 heteroatoms. The summed E-state index contributed by atoms with van der Waals surface area (Å²) in [6.07, 6.45) is 0. The number of nitrogens with one attached hydrogen (secondary N) is 1. The van der Waals surface area contributed by atoms with E-state index in [2.05, 4.69) is 10.3 Å². The van der Waals surface area contributed by atoms with Crippen LogP contribution in [0.15, 0.2) is 69.2 Å². The summed E-state index contributed by atoms with van der Waals surface area (Å²) >= 11 is 1.29. The molecule has 25 heavy (non-hydrogen) atoms. The molecule has 0 spiro atoms. The SMILES string of the molecule is Nc1nc(-c2c(NCc3ccccc3)c3ccccc3oc2=O)cs1. The van der Waals surface area contributed by atoms with Crippen LogP contribution >= 0.6 is 11.3 Å². The molecule has 0 unspecified atom stereocenters. The smallest absolute Gasteiger partial charge is 0.347 e. The molecule has 0 bridgehead atoms. The molecule has 2 aromatic carbocycles. The lowest BCUT2D eigenvalue weighted by Gasteiger charge is -2.13. The first kappa shape index (κ1) is 15.4. The molecule has 0 aliphatic rings. The van der Waals surface area contributed by atoms with Crippen molar-refractivity contribution >= 4 is 33.1 Å². The van der Waals surface area contributed by atoms with Crippen LogP contribution in [-0.4, -0.2) is 4.98 Å². The molecule has 124 valence electrons. The highest BCUT2D eigenvalue weighted by Gasteiger charge is 2.18. The number of para-hydroxylation sites is 1. The van der Waals surface area contributed by atoms with Crippen molar-refractivity contribution in [3.63, 3.8) is 0 Å². The molecule has 0 aliphatic carbocycles. The first-order valence-corrected chi connectivity index (χ1v) is 8.65. The van der Waals surface area contributed by atoms with E-state index < -0.39 is 5.63 Å². The summed E-state index contributed by atoms with van der Waals surface area (Å²) in [5.74, 6) is 0. The zero-order valence-corrected chi connectivity index (χ0v) is 14.0. The largest absolute Gasteiger partial charge is 0.422 e. The number of anilines is 2. The summed E-state index contributed by atoms with van der Waals surface area (Å²) in [5, 5.41) is 6.40. The fraction of sp³-hybridized carbons (Fsp3) is 0.0526. The third-order valence-electron chi connectivity index (χ3n) is 3.90. The van der Waals surface area contributed by atoms with Gasteiger partial charge in [0, 0.05) is 17.3 Å². The Hall–Kier alpha value is -3.12. The fourth-order valence-electron chi connectivity index (χ4n) is 2.75. The van der Waals surface area contributed by atoms with Gasteiger partial charge in [-0.2, -0.15) is 0 Å². The van der Waals surface area contributed by atoms with Crippen molar-refractivity contribution < 1.29 is 4.42 Å². The van der Waals surface area contributed by atoms with Gasteiger partial charge >= 0.3 is 5.63 Å². The Morgan fingerprint density at radius 2 is 1.84 bits per heavy atom. The number of fused-ring (bicyclic) bond motifs is 1. The number of aromatic nitrogens is 1. The predicted octanol–water partition coefficient (Wildman–Crippen LogP) is 4.11. The number of nitrogens with zero attached hydrogens (tertiary/aromatic N) is 1. The Kier molecular flexibility index (Phi) is 3.95. The van der Waals surface area contributed by atoms with Gasteiger partial charge in [-0.05, 0) is 17.7 Å². The van der Waals surface area contributed by atoms with E-state index in [4.69, 9.17) is 10.2 Å². The normalized spacial score (nSPS) is 10.9. The van der Waals surface area contributed by atoms with E-state index in [-0.39, 0.29) is 0 Å². The third-order valence-corrected chi connectivity index (χ3v) is 4.58. The van der Waals surface area contributed by atoms with E-state index in [0.29, 0.717) is 34.2 Å². The van der Waals surface area contributed by atoms with Crippen molar-refractivity contribution in [3.05, 3.63) is 76.0 Å². The highest BCUT2D eigenvalue weighted by molar-refractivity contribution is 7.13. The summed E-state index contributed by atoms with van der Waals surface area (Å²) in [6.45, 7) is 0.584. The van der Waals surface area contributed by atoms with Crippen LogP contribution in [0.1, 0.15) is 5.56 Å². The lowest BCUT2D eigenvalue weighted by molar-refractivity contribution is 0.563. The van der Waals surface area contributed by atoms with Crippen molar-refractivity contribution in [1.82, 2.24) is 4.98 Å². The van der Waals surface area contributed by atoms with Gasteiger partial charge in [-0.25, -0.2) is 9.78 Å². The standard InChI is InChI=1S/C19H15N3O2S/c20-19-22-14(11-25-19)16-17(21-10-12-6-2-1-3-7-12)13-8-4-5-9-15(13)24-18(16)23/h1-9,11,21H,10H2,(H2,20,22). The lowest BCUT2D eigenvalue weighted by Crippen LogP contribution is -2.10. The Bertz CT molecular complexity index is 1090. The zero-order valence-electron chi connectivity index (χ0n) is 13.2. The number of benzene rings is 2. The molecule has 0 amide bonds. The van der Waals surface area contributed by atoms with Gasteiger partial charge < -0.3 is 15.5 Å². The molecule has 0 atom stereocenters. The topological polar surface area (TPSA) is 81.2 Å². The van der Waals surface area contributed by atoms with Crippen LogP contribution in [0.25, 0.3) is 22.2 Å². The van der Waals surface area contributed by atoms with Gasteiger partial charge in [-0.15, -0.1) is 11.3 Å². The van der Waals surface area contributed by atoms with Gasteiger partial charge in [0.25, 0.3) is 0 Å². The maximum absolute atomic E-state index is 12.6. The van der Waals surface area contributed by atoms with E-state index in [9.17, 15) is 4.79 Å². The quantitative estimate of drug-likeness (QED) is 0.542. The minimum absolute atomic E-state index is 0.405. The Morgan fingerprint density at radius 1 is 1.08 bits per heavy atom. The van der Waals surface area contributed by atoms with Gasteiger partial charge in [0.05, 0.1) is 11.4 Å². The molecule has 0 aliphatic heterocycles. The molecular weight excluding hydrogens is 334 g/mol. The van der Waals surface area contributed by atoms with Crippen LogP contribution in [0.5, 0.6) is 0 Å². The summed E-state index contributed by atoms with van der Waals surface area (Å²) in [5.41, 5.74) is 8.61. The second-order valence-corrected chi connectivity index (χ2v) is 6.44. The number of nitrogen functional groups attached to an aromatic ring is 1. The van der Waals surface area contributed by atoms with Crippen LogP contribution in [0.2, 0.25) is 0 Å². The zero-order chi connectivity index (χ0) is 17.2. The molecule has 2 heterocycles. The maximum Gasteiger partial charge on any atom is 0.347 e. The second-order valence-electron chi connectivity index (χ2n) is 5.55. The van der Waals surface area contributed by atoms with Crippen LogP contribution in [-0.2, 0) is 6.54 Å². The van der Waals surface area contributed by atoms with Crippen LogP contribution < -0.4 is 16.7 Å². The number of thiazole rings is 1. The molecule has 0 radical (unpaired) electrons. The minimum atomic E-state index is -0.431. The van der Waals surface area contributed by atoms with Gasteiger partial charge in [-0.1, -0.05) is 42.5 Å². The van der Waals surface area contributed by atoms with Gasteiger partial charge in [-0.3, -0.25) is 0 Å². The average molecular weight is 349 g/mol. The van der Waals surface area contributed by atoms with E-state index in [1.807, 2.05) is 48.5 Å². The molecule has 0 fully saturated rings. The summed E-state index contributed by atoms with van der Waals surface area (Å²) in [7, 11) is 0. The summed E-state index contributed by atoms with van der Waals surface area (Å²) in [4.78, 5) is 16.9. The van der Waals surface area contributed by atoms with Gasteiger partial charge in [0.2, 0.25) is 0 Å². The molecule has 4 rings (SSSR count). The van der Waals surface area contributed by atoms with E-state index >= 15 is 0 Å².